The molecule has 152 valence electrons. The smallest absolute Gasteiger partial charge is 0.346 e. The highest BCUT2D eigenvalue weighted by Gasteiger charge is 2.45. The van der Waals surface area contributed by atoms with Crippen molar-refractivity contribution in [1.29, 1.82) is 0 Å². The summed E-state index contributed by atoms with van der Waals surface area (Å²) in [5.41, 5.74) is 0.280. The van der Waals surface area contributed by atoms with Crippen molar-refractivity contribution in [2.75, 3.05) is 26.8 Å². The fourth-order valence-electron chi connectivity index (χ4n) is 4.08. The normalized spacial score (nSPS) is 21.2. The molecule has 0 saturated carbocycles. The standard InChI is InChI=1S/C18H21N7O4/c1-28-8-7-25-17(27)24-11-18(29-9-14(24)21-25)4-6-22(10-18)16(26)13-3-2-5-23-12-19-20-15(13)23/h2-3,5,12H,4,6-11H2,1H3. The maximum Gasteiger partial charge on any atom is 0.346 e. The van der Waals surface area contributed by atoms with Gasteiger partial charge in [-0.05, 0) is 18.6 Å². The van der Waals surface area contributed by atoms with E-state index in [1.165, 1.54) is 4.68 Å². The van der Waals surface area contributed by atoms with Crippen molar-refractivity contribution >= 4 is 11.6 Å². The molecule has 0 radical (unpaired) electrons. The highest BCUT2D eigenvalue weighted by Crippen LogP contribution is 2.32. The van der Waals surface area contributed by atoms with Crippen molar-refractivity contribution < 1.29 is 14.3 Å². The Balaban J connectivity index is 1.37. The molecule has 1 atom stereocenters. The van der Waals surface area contributed by atoms with Crippen molar-refractivity contribution in [2.24, 2.45) is 0 Å². The van der Waals surface area contributed by atoms with Crippen LogP contribution in [-0.4, -0.2) is 72.2 Å². The molecule has 29 heavy (non-hydrogen) atoms. The molecule has 2 aliphatic rings. The predicted octanol–water partition coefficient (Wildman–Crippen LogP) is -0.451. The number of amides is 1. The van der Waals surface area contributed by atoms with Gasteiger partial charge in [0.25, 0.3) is 5.91 Å². The second kappa shape index (κ2) is 6.78. The van der Waals surface area contributed by atoms with Crippen LogP contribution in [0.2, 0.25) is 0 Å². The lowest BCUT2D eigenvalue weighted by molar-refractivity contribution is -0.0816. The van der Waals surface area contributed by atoms with E-state index in [9.17, 15) is 9.59 Å². The Morgan fingerprint density at radius 1 is 1.38 bits per heavy atom. The summed E-state index contributed by atoms with van der Waals surface area (Å²) in [6, 6.07) is 3.55. The lowest BCUT2D eigenvalue weighted by atomic mass is 10.0. The summed E-state index contributed by atoms with van der Waals surface area (Å²) >= 11 is 0. The number of carbonyl (C=O) groups is 1. The Morgan fingerprint density at radius 3 is 3.14 bits per heavy atom. The number of pyridine rings is 1. The van der Waals surface area contributed by atoms with Crippen LogP contribution in [0.1, 0.15) is 22.6 Å². The van der Waals surface area contributed by atoms with Gasteiger partial charge in [-0.25, -0.2) is 9.48 Å². The van der Waals surface area contributed by atoms with Crippen LogP contribution >= 0.6 is 0 Å². The van der Waals surface area contributed by atoms with Gasteiger partial charge in [-0.15, -0.1) is 10.2 Å². The van der Waals surface area contributed by atoms with Crippen molar-refractivity contribution in [3.63, 3.8) is 0 Å². The first-order valence-corrected chi connectivity index (χ1v) is 9.47. The van der Waals surface area contributed by atoms with Crippen LogP contribution in [0.25, 0.3) is 5.65 Å². The SMILES string of the molecule is COCCn1nc2n(c1=O)CC1(CCN(C(=O)c3cccn4cnnc34)C1)OC2. The number of hydrogen-bond donors (Lipinski definition) is 0. The van der Waals surface area contributed by atoms with Gasteiger partial charge in [0.1, 0.15) is 18.5 Å². The van der Waals surface area contributed by atoms with E-state index in [1.807, 2.05) is 0 Å². The number of methoxy groups -OCH3 is 1. The molecule has 1 saturated heterocycles. The Labute approximate surface area is 165 Å². The van der Waals surface area contributed by atoms with Crippen molar-refractivity contribution in [2.45, 2.75) is 31.7 Å². The molecule has 11 nitrogen and oxygen atoms in total. The van der Waals surface area contributed by atoms with Crippen LogP contribution in [-0.2, 0) is 29.2 Å². The van der Waals surface area contributed by atoms with E-state index < -0.39 is 5.60 Å². The van der Waals surface area contributed by atoms with Crippen LogP contribution in [0.5, 0.6) is 0 Å². The fourth-order valence-corrected chi connectivity index (χ4v) is 4.08. The van der Waals surface area contributed by atoms with E-state index in [-0.39, 0.29) is 18.2 Å². The molecule has 0 N–H and O–H groups in total. The van der Waals surface area contributed by atoms with E-state index in [0.29, 0.717) is 56.2 Å². The summed E-state index contributed by atoms with van der Waals surface area (Å²) in [5, 5.41) is 12.3. The lowest BCUT2D eigenvalue weighted by Gasteiger charge is -2.33. The largest absolute Gasteiger partial charge is 0.383 e. The molecular formula is C18H21N7O4. The van der Waals surface area contributed by atoms with Gasteiger partial charge < -0.3 is 14.4 Å². The Kier molecular flexibility index (Phi) is 4.21. The summed E-state index contributed by atoms with van der Waals surface area (Å²) in [7, 11) is 1.59. The van der Waals surface area contributed by atoms with Gasteiger partial charge in [0, 0.05) is 19.9 Å². The predicted molar refractivity (Wildman–Crippen MR) is 99.4 cm³/mol. The average molecular weight is 399 g/mol. The average Bonchev–Trinajstić information content (AvgIpc) is 3.45. The lowest BCUT2D eigenvalue weighted by Crippen LogP contribution is -2.47. The van der Waals surface area contributed by atoms with E-state index in [4.69, 9.17) is 9.47 Å². The highest BCUT2D eigenvalue weighted by atomic mass is 16.5. The highest BCUT2D eigenvalue weighted by molar-refractivity contribution is 5.99. The molecule has 5 heterocycles. The van der Waals surface area contributed by atoms with Gasteiger partial charge in [0.2, 0.25) is 0 Å². The maximum atomic E-state index is 13.1. The van der Waals surface area contributed by atoms with Gasteiger partial charge in [0.15, 0.2) is 11.5 Å². The number of hydrogen-bond acceptors (Lipinski definition) is 7. The fraction of sp³-hybridized carbons (Fsp3) is 0.500. The first kappa shape index (κ1) is 18.0. The van der Waals surface area contributed by atoms with E-state index in [0.717, 1.165) is 0 Å². The quantitative estimate of drug-likeness (QED) is 0.584. The minimum Gasteiger partial charge on any atom is -0.383 e. The summed E-state index contributed by atoms with van der Waals surface area (Å²) < 4.78 is 15.9. The number of ether oxygens (including phenoxy) is 2. The van der Waals surface area contributed by atoms with Crippen LogP contribution in [0, 0.1) is 0 Å². The van der Waals surface area contributed by atoms with E-state index >= 15 is 0 Å². The Hall–Kier alpha value is -3.05. The van der Waals surface area contributed by atoms with E-state index in [2.05, 4.69) is 15.3 Å². The molecule has 1 spiro atoms. The molecule has 0 aliphatic carbocycles. The minimum absolute atomic E-state index is 0.113. The molecule has 2 aliphatic heterocycles. The molecule has 1 unspecified atom stereocenters. The number of aromatic nitrogens is 6. The third kappa shape index (κ3) is 2.93. The summed E-state index contributed by atoms with van der Waals surface area (Å²) in [6.45, 7) is 2.41. The zero-order valence-electron chi connectivity index (χ0n) is 16.0. The number of nitrogens with zero attached hydrogens (tertiary/aromatic N) is 7. The zero-order chi connectivity index (χ0) is 20.0. The number of rotatable bonds is 4. The van der Waals surface area contributed by atoms with Gasteiger partial charge in [-0.3, -0.25) is 13.8 Å². The molecule has 0 bridgehead atoms. The molecule has 0 aromatic carbocycles. The van der Waals surface area contributed by atoms with Crippen molar-refractivity contribution in [3.05, 3.63) is 46.5 Å². The Morgan fingerprint density at radius 2 is 2.28 bits per heavy atom. The van der Waals surface area contributed by atoms with Crippen LogP contribution < -0.4 is 5.69 Å². The van der Waals surface area contributed by atoms with Gasteiger partial charge in [-0.1, -0.05) is 0 Å². The second-order valence-electron chi connectivity index (χ2n) is 7.43. The number of carbonyl (C=O) groups excluding carboxylic acids is 1. The molecule has 1 fully saturated rings. The molecule has 3 aromatic heterocycles. The monoisotopic (exact) mass is 399 g/mol. The maximum absolute atomic E-state index is 13.1. The summed E-state index contributed by atoms with van der Waals surface area (Å²) in [5.74, 6) is 0.493. The number of fused-ring (bicyclic) bond motifs is 2. The van der Waals surface area contributed by atoms with Gasteiger partial charge >= 0.3 is 5.69 Å². The molecule has 1 amide bonds. The zero-order valence-corrected chi connectivity index (χ0v) is 16.0. The first-order chi connectivity index (χ1) is 14.1. The van der Waals surface area contributed by atoms with Crippen LogP contribution in [0.4, 0.5) is 0 Å². The summed E-state index contributed by atoms with van der Waals surface area (Å²) in [4.78, 5) is 27.5. The molecule has 11 heteroatoms. The minimum atomic E-state index is -0.583. The molecule has 5 rings (SSSR count). The third-order valence-corrected chi connectivity index (χ3v) is 5.62. The first-order valence-electron chi connectivity index (χ1n) is 9.47. The third-order valence-electron chi connectivity index (χ3n) is 5.62. The van der Waals surface area contributed by atoms with Crippen LogP contribution in [0.15, 0.2) is 29.5 Å². The van der Waals surface area contributed by atoms with Gasteiger partial charge in [-0.2, -0.15) is 5.10 Å². The molecular weight excluding hydrogens is 378 g/mol. The summed E-state index contributed by atoms with van der Waals surface area (Å²) in [6.07, 6.45) is 4.03. The Bertz CT molecular complexity index is 1130. The topological polar surface area (TPSA) is 109 Å². The number of likely N-dealkylation sites (tertiary alicyclic amines) is 1. The van der Waals surface area contributed by atoms with Crippen molar-refractivity contribution in [3.8, 4) is 0 Å². The van der Waals surface area contributed by atoms with Crippen molar-refractivity contribution in [1.82, 2.24) is 33.8 Å². The van der Waals surface area contributed by atoms with Gasteiger partial charge in [0.05, 0.1) is 31.8 Å². The molecule has 3 aromatic rings. The van der Waals surface area contributed by atoms with E-state index in [1.54, 1.807) is 45.6 Å². The second-order valence-corrected chi connectivity index (χ2v) is 7.43. The van der Waals surface area contributed by atoms with Crippen LogP contribution in [0.3, 0.4) is 0 Å².